The van der Waals surface area contributed by atoms with Crippen LogP contribution in [0.25, 0.3) is 0 Å². The van der Waals surface area contributed by atoms with Gasteiger partial charge in [0.05, 0.1) is 0 Å². The molecular formula is C10H7N2O. The van der Waals surface area contributed by atoms with Gasteiger partial charge in [0.1, 0.15) is 5.75 Å². The summed E-state index contributed by atoms with van der Waals surface area (Å²) in [6.45, 7) is 0. The van der Waals surface area contributed by atoms with Crippen molar-refractivity contribution in [1.29, 1.82) is 0 Å². The number of para-hydroxylation sites is 1. The average molecular weight is 171 g/mol. The van der Waals surface area contributed by atoms with E-state index in [1.807, 2.05) is 18.2 Å². The molecule has 1 aromatic heterocycles. The zero-order valence-corrected chi connectivity index (χ0v) is 6.84. The van der Waals surface area contributed by atoms with Crippen LogP contribution in [-0.4, -0.2) is 10.2 Å². The first kappa shape index (κ1) is 7.73. The summed E-state index contributed by atoms with van der Waals surface area (Å²) in [7, 11) is 0. The van der Waals surface area contributed by atoms with E-state index in [2.05, 4.69) is 16.3 Å². The molecule has 0 spiro atoms. The Morgan fingerprint density at radius 1 is 1.15 bits per heavy atom. The van der Waals surface area contributed by atoms with Gasteiger partial charge in [-0.3, -0.25) is 0 Å². The molecule has 0 saturated heterocycles. The first-order valence-electron chi connectivity index (χ1n) is 3.87. The maximum Gasteiger partial charge on any atom is 0.238 e. The molecule has 0 unspecified atom stereocenters. The second-order valence-corrected chi connectivity index (χ2v) is 2.39. The molecule has 0 aliphatic heterocycles. The standard InChI is InChI=1S/C10H7N2O/c1-2-5-9(6-3-1)13-10-7-4-8-11-12-10/h1-5,7-8H. The molecule has 0 amide bonds. The maximum atomic E-state index is 5.35. The van der Waals surface area contributed by atoms with Crippen LogP contribution < -0.4 is 4.74 Å². The number of rotatable bonds is 2. The summed E-state index contributed by atoms with van der Waals surface area (Å²) in [4.78, 5) is 0. The van der Waals surface area contributed by atoms with Crippen molar-refractivity contribution in [2.75, 3.05) is 0 Å². The van der Waals surface area contributed by atoms with Crippen LogP contribution in [0, 0.1) is 6.07 Å². The highest BCUT2D eigenvalue weighted by molar-refractivity contribution is 5.24. The van der Waals surface area contributed by atoms with Crippen LogP contribution in [0.1, 0.15) is 0 Å². The Labute approximate surface area is 76.0 Å². The summed E-state index contributed by atoms with van der Waals surface area (Å²) in [5.74, 6) is 1.12. The highest BCUT2D eigenvalue weighted by atomic mass is 16.5. The van der Waals surface area contributed by atoms with Gasteiger partial charge in [0, 0.05) is 18.3 Å². The molecule has 3 heteroatoms. The third-order valence-electron chi connectivity index (χ3n) is 1.44. The van der Waals surface area contributed by atoms with E-state index in [9.17, 15) is 0 Å². The lowest BCUT2D eigenvalue weighted by Gasteiger charge is -2.00. The highest BCUT2D eigenvalue weighted by Crippen LogP contribution is 2.15. The molecule has 13 heavy (non-hydrogen) atoms. The topological polar surface area (TPSA) is 35.0 Å². The maximum absolute atomic E-state index is 5.35. The van der Waals surface area contributed by atoms with Crippen molar-refractivity contribution < 1.29 is 4.74 Å². The fourth-order valence-electron chi connectivity index (χ4n) is 0.895. The van der Waals surface area contributed by atoms with E-state index in [1.165, 1.54) is 0 Å². The zero-order valence-electron chi connectivity index (χ0n) is 6.84. The Kier molecular flexibility index (Phi) is 2.18. The first-order valence-corrected chi connectivity index (χ1v) is 3.87. The molecule has 0 bridgehead atoms. The number of ether oxygens (including phenoxy) is 1. The Morgan fingerprint density at radius 2 is 2.15 bits per heavy atom. The Balaban J connectivity index is 2.16. The summed E-state index contributed by atoms with van der Waals surface area (Å²) in [6, 6.07) is 13.8. The largest absolute Gasteiger partial charge is 0.437 e. The van der Waals surface area contributed by atoms with Crippen molar-refractivity contribution >= 4 is 0 Å². The van der Waals surface area contributed by atoms with Crippen LogP contribution in [-0.2, 0) is 0 Å². The van der Waals surface area contributed by atoms with Crippen LogP contribution >= 0.6 is 0 Å². The third-order valence-corrected chi connectivity index (χ3v) is 1.44. The van der Waals surface area contributed by atoms with Crippen molar-refractivity contribution in [2.45, 2.75) is 0 Å². The summed E-state index contributed by atoms with van der Waals surface area (Å²) < 4.78 is 5.35. The van der Waals surface area contributed by atoms with E-state index in [4.69, 9.17) is 4.74 Å². The molecule has 1 heterocycles. The Morgan fingerprint density at radius 3 is 2.85 bits per heavy atom. The van der Waals surface area contributed by atoms with Crippen LogP contribution in [0.3, 0.4) is 0 Å². The molecule has 3 nitrogen and oxygen atoms in total. The average Bonchev–Trinajstić information content (AvgIpc) is 2.21. The SMILES string of the molecule is [c]1ccccc1Oc1cccnn1. The first-order chi connectivity index (χ1) is 6.45. The molecule has 2 aromatic rings. The minimum atomic E-state index is 0.477. The zero-order chi connectivity index (χ0) is 8.93. The van der Waals surface area contributed by atoms with E-state index in [1.54, 1.807) is 24.4 Å². The molecule has 2 rings (SSSR count). The van der Waals surface area contributed by atoms with Gasteiger partial charge >= 0.3 is 0 Å². The van der Waals surface area contributed by atoms with E-state index in [0.717, 1.165) is 0 Å². The number of hydrogen-bond donors (Lipinski definition) is 0. The fourth-order valence-corrected chi connectivity index (χ4v) is 0.895. The molecule has 0 fully saturated rings. The molecule has 0 saturated carbocycles. The smallest absolute Gasteiger partial charge is 0.238 e. The van der Waals surface area contributed by atoms with Crippen LogP contribution in [0.15, 0.2) is 42.6 Å². The number of aromatic nitrogens is 2. The molecule has 63 valence electrons. The number of nitrogens with zero attached hydrogens (tertiary/aromatic N) is 2. The lowest BCUT2D eigenvalue weighted by Crippen LogP contribution is -1.88. The lowest BCUT2D eigenvalue weighted by molar-refractivity contribution is 0.454. The summed E-state index contributed by atoms with van der Waals surface area (Å²) in [5.41, 5.74) is 0. The van der Waals surface area contributed by atoms with Gasteiger partial charge in [-0.25, -0.2) is 0 Å². The van der Waals surface area contributed by atoms with Gasteiger partial charge in [0.15, 0.2) is 0 Å². The van der Waals surface area contributed by atoms with E-state index in [-0.39, 0.29) is 0 Å². The van der Waals surface area contributed by atoms with Crippen molar-refractivity contribution in [3.05, 3.63) is 48.7 Å². The van der Waals surface area contributed by atoms with Crippen LogP contribution in [0.4, 0.5) is 0 Å². The summed E-state index contributed by atoms with van der Waals surface area (Å²) >= 11 is 0. The highest BCUT2D eigenvalue weighted by Gasteiger charge is 1.95. The van der Waals surface area contributed by atoms with Gasteiger partial charge in [0.25, 0.3) is 0 Å². The lowest BCUT2D eigenvalue weighted by atomic mass is 10.3. The number of hydrogen-bond acceptors (Lipinski definition) is 3. The normalized spacial score (nSPS) is 9.54. The second kappa shape index (κ2) is 3.67. The summed E-state index contributed by atoms with van der Waals surface area (Å²) in [6.07, 6.45) is 1.60. The molecule has 1 radical (unpaired) electrons. The molecule has 0 N–H and O–H groups in total. The second-order valence-electron chi connectivity index (χ2n) is 2.39. The van der Waals surface area contributed by atoms with Crippen molar-refractivity contribution in [3.8, 4) is 11.6 Å². The van der Waals surface area contributed by atoms with Gasteiger partial charge < -0.3 is 4.74 Å². The molecule has 0 aliphatic carbocycles. The predicted octanol–water partition coefficient (Wildman–Crippen LogP) is 2.07. The fraction of sp³-hybridized carbons (Fsp3) is 0. The van der Waals surface area contributed by atoms with E-state index < -0.39 is 0 Å². The third kappa shape index (κ3) is 2.02. The van der Waals surface area contributed by atoms with Crippen molar-refractivity contribution in [1.82, 2.24) is 10.2 Å². The molecular weight excluding hydrogens is 164 g/mol. The Hall–Kier alpha value is -1.90. The van der Waals surface area contributed by atoms with Crippen LogP contribution in [0.5, 0.6) is 11.6 Å². The van der Waals surface area contributed by atoms with E-state index in [0.29, 0.717) is 11.6 Å². The predicted molar refractivity (Wildman–Crippen MR) is 47.4 cm³/mol. The van der Waals surface area contributed by atoms with Crippen molar-refractivity contribution in [2.24, 2.45) is 0 Å². The van der Waals surface area contributed by atoms with Gasteiger partial charge in [-0.2, -0.15) is 5.10 Å². The molecule has 1 aromatic carbocycles. The molecule has 0 atom stereocenters. The van der Waals surface area contributed by atoms with E-state index >= 15 is 0 Å². The van der Waals surface area contributed by atoms with Crippen LogP contribution in [0.2, 0.25) is 0 Å². The minimum absolute atomic E-state index is 0.477. The van der Waals surface area contributed by atoms with Gasteiger partial charge in [-0.05, 0) is 12.1 Å². The summed E-state index contributed by atoms with van der Waals surface area (Å²) in [5, 5.41) is 7.47. The minimum Gasteiger partial charge on any atom is -0.437 e. The van der Waals surface area contributed by atoms with Crippen molar-refractivity contribution in [3.63, 3.8) is 0 Å². The van der Waals surface area contributed by atoms with Gasteiger partial charge in [0.2, 0.25) is 5.88 Å². The Bertz CT molecular complexity index is 324. The van der Waals surface area contributed by atoms with Gasteiger partial charge in [-0.1, -0.05) is 18.2 Å². The number of benzene rings is 1. The molecule has 0 aliphatic rings. The quantitative estimate of drug-likeness (QED) is 0.693. The van der Waals surface area contributed by atoms with Gasteiger partial charge in [-0.15, -0.1) is 5.10 Å². The monoisotopic (exact) mass is 171 g/mol.